The van der Waals surface area contributed by atoms with Crippen molar-refractivity contribution in [3.63, 3.8) is 0 Å². The Bertz CT molecular complexity index is 485. The number of amides is 2. The largest absolute Gasteiger partial charge is 0.369 e. The fourth-order valence-electron chi connectivity index (χ4n) is 2.17. The Balaban J connectivity index is 2.14. The molecule has 1 saturated heterocycles. The van der Waals surface area contributed by atoms with Crippen molar-refractivity contribution >= 4 is 11.8 Å². The molecule has 19 heavy (non-hydrogen) atoms. The van der Waals surface area contributed by atoms with Gasteiger partial charge in [0.1, 0.15) is 5.76 Å². The molecule has 0 radical (unpaired) electrons. The van der Waals surface area contributed by atoms with E-state index >= 15 is 0 Å². The van der Waals surface area contributed by atoms with Crippen LogP contribution in [0.5, 0.6) is 0 Å². The molecule has 0 aliphatic carbocycles. The standard InChI is InChI=1S/C12H18N4O3/c1-8-5-10(14-19-8)12(18)16-4-3-15(2)6-9(7-16)11(13)17/h5,9H,3-4,6-7H2,1-2H3,(H2,13,17)/t9-/m1/s1. The van der Waals surface area contributed by atoms with Crippen LogP contribution in [0.15, 0.2) is 10.6 Å². The summed E-state index contributed by atoms with van der Waals surface area (Å²) in [5, 5.41) is 3.71. The molecule has 2 N–H and O–H groups in total. The summed E-state index contributed by atoms with van der Waals surface area (Å²) in [7, 11) is 1.91. The summed E-state index contributed by atoms with van der Waals surface area (Å²) < 4.78 is 4.90. The van der Waals surface area contributed by atoms with Crippen LogP contribution in [-0.2, 0) is 4.79 Å². The van der Waals surface area contributed by atoms with Crippen LogP contribution >= 0.6 is 0 Å². The second-order valence-electron chi connectivity index (χ2n) is 4.94. The van der Waals surface area contributed by atoms with E-state index in [1.807, 2.05) is 11.9 Å². The number of likely N-dealkylation sites (N-methyl/N-ethyl adjacent to an activating group) is 1. The molecule has 0 unspecified atom stereocenters. The van der Waals surface area contributed by atoms with E-state index < -0.39 is 0 Å². The highest BCUT2D eigenvalue weighted by atomic mass is 16.5. The third-order valence-corrected chi connectivity index (χ3v) is 3.26. The lowest BCUT2D eigenvalue weighted by atomic mass is 10.1. The van der Waals surface area contributed by atoms with Gasteiger partial charge in [0.2, 0.25) is 5.91 Å². The maximum atomic E-state index is 12.3. The van der Waals surface area contributed by atoms with Crippen LogP contribution in [0, 0.1) is 12.8 Å². The Hall–Kier alpha value is -1.89. The first-order valence-electron chi connectivity index (χ1n) is 6.18. The Morgan fingerprint density at radius 2 is 2.16 bits per heavy atom. The van der Waals surface area contributed by atoms with Gasteiger partial charge in [0.05, 0.1) is 5.92 Å². The van der Waals surface area contributed by atoms with Crippen LogP contribution in [0.1, 0.15) is 16.2 Å². The number of nitrogens with two attached hydrogens (primary N) is 1. The molecule has 1 aromatic heterocycles. The molecule has 1 aliphatic rings. The minimum Gasteiger partial charge on any atom is -0.369 e. The van der Waals surface area contributed by atoms with E-state index in [0.29, 0.717) is 31.9 Å². The van der Waals surface area contributed by atoms with Gasteiger partial charge in [-0.05, 0) is 14.0 Å². The monoisotopic (exact) mass is 266 g/mol. The molecule has 0 saturated carbocycles. The van der Waals surface area contributed by atoms with Crippen LogP contribution in [0.2, 0.25) is 0 Å². The summed E-state index contributed by atoms with van der Waals surface area (Å²) in [6.07, 6.45) is 0. The molecular weight excluding hydrogens is 248 g/mol. The summed E-state index contributed by atoms with van der Waals surface area (Å²) in [4.78, 5) is 27.3. The summed E-state index contributed by atoms with van der Waals surface area (Å²) in [6, 6.07) is 1.59. The van der Waals surface area contributed by atoms with E-state index in [1.54, 1.807) is 17.9 Å². The molecule has 1 atom stereocenters. The maximum absolute atomic E-state index is 12.3. The van der Waals surface area contributed by atoms with Crippen molar-refractivity contribution in [3.05, 3.63) is 17.5 Å². The third-order valence-electron chi connectivity index (χ3n) is 3.26. The fourth-order valence-corrected chi connectivity index (χ4v) is 2.17. The van der Waals surface area contributed by atoms with Gasteiger partial charge in [-0.2, -0.15) is 0 Å². The molecule has 104 valence electrons. The van der Waals surface area contributed by atoms with Gasteiger partial charge in [-0.25, -0.2) is 0 Å². The molecule has 0 bridgehead atoms. The highest BCUT2D eigenvalue weighted by Crippen LogP contribution is 2.12. The number of hydrogen-bond acceptors (Lipinski definition) is 5. The predicted molar refractivity (Wildman–Crippen MR) is 67.3 cm³/mol. The quantitative estimate of drug-likeness (QED) is 0.777. The number of rotatable bonds is 2. The maximum Gasteiger partial charge on any atom is 0.276 e. The lowest BCUT2D eigenvalue weighted by molar-refractivity contribution is -0.122. The van der Waals surface area contributed by atoms with Gasteiger partial charge in [0, 0.05) is 32.2 Å². The summed E-state index contributed by atoms with van der Waals surface area (Å²) in [6.45, 7) is 3.87. The smallest absolute Gasteiger partial charge is 0.276 e. The van der Waals surface area contributed by atoms with Crippen LogP contribution in [-0.4, -0.2) is 60.0 Å². The van der Waals surface area contributed by atoms with E-state index in [0.717, 1.165) is 0 Å². The first-order chi connectivity index (χ1) is 8.97. The van der Waals surface area contributed by atoms with E-state index in [9.17, 15) is 9.59 Å². The zero-order valence-corrected chi connectivity index (χ0v) is 11.1. The van der Waals surface area contributed by atoms with Gasteiger partial charge < -0.3 is 20.1 Å². The van der Waals surface area contributed by atoms with Crippen molar-refractivity contribution < 1.29 is 14.1 Å². The van der Waals surface area contributed by atoms with Gasteiger partial charge in [-0.15, -0.1) is 0 Å². The molecule has 0 spiro atoms. The second kappa shape index (κ2) is 5.40. The zero-order valence-electron chi connectivity index (χ0n) is 11.1. The second-order valence-corrected chi connectivity index (χ2v) is 4.94. The Labute approximate surface area is 111 Å². The average molecular weight is 266 g/mol. The predicted octanol–water partition coefficient (Wildman–Crippen LogP) is -0.528. The molecule has 0 aromatic carbocycles. The molecule has 2 heterocycles. The topological polar surface area (TPSA) is 92.7 Å². The van der Waals surface area contributed by atoms with Crippen molar-refractivity contribution in [2.45, 2.75) is 6.92 Å². The number of nitrogens with zero attached hydrogens (tertiary/aromatic N) is 3. The lowest BCUT2D eigenvalue weighted by Gasteiger charge is -2.21. The van der Waals surface area contributed by atoms with Crippen LogP contribution in [0.3, 0.4) is 0 Å². The summed E-state index contributed by atoms with van der Waals surface area (Å²) in [5.74, 6) is -0.382. The van der Waals surface area contributed by atoms with E-state index in [2.05, 4.69) is 5.16 Å². The molecule has 1 aromatic rings. The van der Waals surface area contributed by atoms with Crippen molar-refractivity contribution in [2.24, 2.45) is 11.7 Å². The first-order valence-corrected chi connectivity index (χ1v) is 6.18. The first kappa shape index (κ1) is 13.5. The minimum atomic E-state index is -0.386. The molecular formula is C12H18N4O3. The molecule has 2 amide bonds. The van der Waals surface area contributed by atoms with Gasteiger partial charge in [-0.1, -0.05) is 5.16 Å². The number of primary amides is 1. The highest BCUT2D eigenvalue weighted by Gasteiger charge is 2.29. The van der Waals surface area contributed by atoms with Gasteiger partial charge in [0.15, 0.2) is 5.69 Å². The van der Waals surface area contributed by atoms with E-state index in [1.165, 1.54) is 0 Å². The number of aryl methyl sites for hydroxylation is 1. The summed E-state index contributed by atoms with van der Waals surface area (Å²) in [5.41, 5.74) is 5.64. The van der Waals surface area contributed by atoms with Crippen molar-refractivity contribution in [3.8, 4) is 0 Å². The lowest BCUT2D eigenvalue weighted by Crippen LogP contribution is -2.40. The number of carbonyl (C=O) groups is 2. The minimum absolute atomic E-state index is 0.224. The molecule has 7 heteroatoms. The zero-order chi connectivity index (χ0) is 14.0. The molecule has 1 fully saturated rings. The SMILES string of the molecule is Cc1cc(C(=O)N2CCN(C)C[C@@H](C(N)=O)C2)no1. The normalized spacial score (nSPS) is 21.2. The Morgan fingerprint density at radius 1 is 1.42 bits per heavy atom. The Kier molecular flexibility index (Phi) is 3.84. The van der Waals surface area contributed by atoms with Gasteiger partial charge in [0.25, 0.3) is 5.91 Å². The molecule has 1 aliphatic heterocycles. The van der Waals surface area contributed by atoms with Gasteiger partial charge >= 0.3 is 0 Å². The van der Waals surface area contributed by atoms with Crippen molar-refractivity contribution in [1.82, 2.24) is 15.0 Å². The van der Waals surface area contributed by atoms with Crippen LogP contribution < -0.4 is 5.73 Å². The fraction of sp³-hybridized carbons (Fsp3) is 0.583. The number of aromatic nitrogens is 1. The number of hydrogen-bond donors (Lipinski definition) is 1. The highest BCUT2D eigenvalue weighted by molar-refractivity contribution is 5.92. The Morgan fingerprint density at radius 3 is 2.74 bits per heavy atom. The molecule has 7 nitrogen and oxygen atoms in total. The number of carbonyl (C=O) groups excluding carboxylic acids is 2. The average Bonchev–Trinajstić information content (AvgIpc) is 2.68. The molecule has 2 rings (SSSR count). The van der Waals surface area contributed by atoms with Crippen LogP contribution in [0.4, 0.5) is 0 Å². The van der Waals surface area contributed by atoms with Crippen LogP contribution in [0.25, 0.3) is 0 Å². The van der Waals surface area contributed by atoms with Gasteiger partial charge in [-0.3, -0.25) is 9.59 Å². The van der Waals surface area contributed by atoms with Crippen molar-refractivity contribution in [2.75, 3.05) is 33.2 Å². The summed E-state index contributed by atoms with van der Waals surface area (Å²) >= 11 is 0. The van der Waals surface area contributed by atoms with Crippen molar-refractivity contribution in [1.29, 1.82) is 0 Å². The van der Waals surface area contributed by atoms with E-state index in [4.69, 9.17) is 10.3 Å². The van der Waals surface area contributed by atoms with E-state index in [-0.39, 0.29) is 23.4 Å². The third kappa shape index (κ3) is 3.11.